The number of amides is 2. The summed E-state index contributed by atoms with van der Waals surface area (Å²) in [5.74, 6) is 0.145. The van der Waals surface area contributed by atoms with E-state index >= 15 is 0 Å². The van der Waals surface area contributed by atoms with Gasteiger partial charge in [-0.05, 0) is 18.2 Å². The molecule has 21 heavy (non-hydrogen) atoms. The van der Waals surface area contributed by atoms with Gasteiger partial charge in [-0.3, -0.25) is 9.59 Å². The third-order valence-corrected chi connectivity index (χ3v) is 3.28. The number of hydrogen-bond donors (Lipinski definition) is 2. The first-order valence-electron chi connectivity index (χ1n) is 6.60. The van der Waals surface area contributed by atoms with Crippen LogP contribution in [0.3, 0.4) is 0 Å². The minimum Gasteiger partial charge on any atom is -0.308 e. The Kier molecular flexibility index (Phi) is 4.85. The van der Waals surface area contributed by atoms with Crippen molar-refractivity contribution in [3.63, 3.8) is 0 Å². The predicted molar refractivity (Wildman–Crippen MR) is 85.1 cm³/mol. The van der Waals surface area contributed by atoms with Gasteiger partial charge in [-0.15, -0.1) is 0 Å². The van der Waals surface area contributed by atoms with Gasteiger partial charge in [0.05, 0.1) is 11.0 Å². The Hall–Kier alpha value is -2.02. The molecule has 2 rings (SSSR count). The second kappa shape index (κ2) is 6.62. The first kappa shape index (κ1) is 15.4. The number of halogens is 1. The Morgan fingerprint density at radius 1 is 1.00 bits per heavy atom. The van der Waals surface area contributed by atoms with E-state index < -0.39 is 0 Å². The zero-order chi connectivity index (χ0) is 15.4. The summed E-state index contributed by atoms with van der Waals surface area (Å²) in [6, 6.07) is 5.43. The number of rotatable bonds is 4. The van der Waals surface area contributed by atoms with Gasteiger partial charge >= 0.3 is 0 Å². The fourth-order valence-corrected chi connectivity index (χ4v) is 1.99. The number of aromatic nitrogens is 2. The maximum absolute atomic E-state index is 11.6. The summed E-state index contributed by atoms with van der Waals surface area (Å²) in [6.07, 6.45) is 0.639. The predicted octanol–water partition coefficient (Wildman–Crippen LogP) is 3.09. The monoisotopic (exact) mass is 350 g/mol. The molecule has 0 aliphatic heterocycles. The zero-order valence-corrected chi connectivity index (χ0v) is 13.3. The highest BCUT2D eigenvalue weighted by molar-refractivity contribution is 9.10. The Balaban J connectivity index is 2.50. The van der Waals surface area contributed by atoms with E-state index in [-0.39, 0.29) is 23.5 Å². The normalized spacial score (nSPS) is 10.4. The standard InChI is InChI=1S/C14H15BrN4O2/c1-3-11(20)18-13-14(19-12(21)4-2)17-10-7-8(15)5-6-9(10)16-13/h5-7H,3-4H2,1-2H3,(H,16,18,20)(H,17,19,21). The fourth-order valence-electron chi connectivity index (χ4n) is 1.64. The van der Waals surface area contributed by atoms with Crippen LogP contribution in [0.1, 0.15) is 26.7 Å². The number of fused-ring (bicyclic) bond motifs is 1. The van der Waals surface area contributed by atoms with Crippen LogP contribution in [0.5, 0.6) is 0 Å². The summed E-state index contributed by atoms with van der Waals surface area (Å²) < 4.78 is 0.863. The van der Waals surface area contributed by atoms with Crippen molar-refractivity contribution in [1.29, 1.82) is 0 Å². The van der Waals surface area contributed by atoms with Crippen molar-refractivity contribution in [2.24, 2.45) is 0 Å². The number of carbonyl (C=O) groups is 2. The minimum atomic E-state index is -0.189. The summed E-state index contributed by atoms with van der Waals surface area (Å²) in [7, 11) is 0. The number of hydrogen-bond acceptors (Lipinski definition) is 4. The van der Waals surface area contributed by atoms with Crippen LogP contribution in [0.25, 0.3) is 11.0 Å². The number of nitrogens with one attached hydrogen (secondary N) is 2. The Labute approximate surface area is 130 Å². The van der Waals surface area contributed by atoms with Gasteiger partial charge in [0.2, 0.25) is 11.8 Å². The van der Waals surface area contributed by atoms with Crippen molar-refractivity contribution in [1.82, 2.24) is 9.97 Å². The highest BCUT2D eigenvalue weighted by Crippen LogP contribution is 2.24. The molecule has 7 heteroatoms. The van der Waals surface area contributed by atoms with Gasteiger partial charge in [-0.25, -0.2) is 9.97 Å². The third-order valence-electron chi connectivity index (χ3n) is 2.78. The lowest BCUT2D eigenvalue weighted by molar-refractivity contribution is -0.116. The number of carbonyl (C=O) groups excluding carboxylic acids is 2. The van der Waals surface area contributed by atoms with E-state index in [4.69, 9.17) is 0 Å². The maximum atomic E-state index is 11.6. The van der Waals surface area contributed by atoms with E-state index in [1.165, 1.54) is 0 Å². The third kappa shape index (κ3) is 3.75. The Bertz CT molecular complexity index is 703. The number of benzene rings is 1. The van der Waals surface area contributed by atoms with Gasteiger partial charge in [0.15, 0.2) is 11.6 Å². The van der Waals surface area contributed by atoms with E-state index in [1.54, 1.807) is 26.0 Å². The van der Waals surface area contributed by atoms with Gasteiger partial charge in [0.1, 0.15) is 0 Å². The summed E-state index contributed by atoms with van der Waals surface area (Å²) in [5, 5.41) is 5.32. The SMILES string of the molecule is CCC(=O)Nc1nc2ccc(Br)cc2nc1NC(=O)CC. The second-order valence-corrected chi connectivity index (χ2v) is 5.27. The lowest BCUT2D eigenvalue weighted by atomic mass is 10.3. The molecule has 0 atom stereocenters. The average molecular weight is 351 g/mol. The number of anilines is 2. The molecule has 2 N–H and O–H groups in total. The lowest BCUT2D eigenvalue weighted by Gasteiger charge is -2.11. The van der Waals surface area contributed by atoms with Crippen molar-refractivity contribution >= 4 is 50.4 Å². The summed E-state index contributed by atoms with van der Waals surface area (Å²) in [4.78, 5) is 31.9. The molecular weight excluding hydrogens is 336 g/mol. The van der Waals surface area contributed by atoms with E-state index in [2.05, 4.69) is 36.5 Å². The molecule has 0 spiro atoms. The van der Waals surface area contributed by atoms with Gasteiger partial charge in [0.25, 0.3) is 0 Å². The van der Waals surface area contributed by atoms with Gasteiger partial charge in [-0.1, -0.05) is 29.8 Å². The Morgan fingerprint density at radius 3 is 2.05 bits per heavy atom. The summed E-state index contributed by atoms with van der Waals surface area (Å²) in [5.41, 5.74) is 1.27. The van der Waals surface area contributed by atoms with E-state index in [9.17, 15) is 9.59 Å². The van der Waals surface area contributed by atoms with Crippen molar-refractivity contribution in [2.45, 2.75) is 26.7 Å². The highest BCUT2D eigenvalue weighted by Gasteiger charge is 2.13. The molecule has 2 amide bonds. The van der Waals surface area contributed by atoms with Gasteiger partial charge < -0.3 is 10.6 Å². The van der Waals surface area contributed by atoms with Crippen LogP contribution in [0.4, 0.5) is 11.6 Å². The van der Waals surface area contributed by atoms with Crippen LogP contribution in [0, 0.1) is 0 Å². The second-order valence-electron chi connectivity index (χ2n) is 4.36. The zero-order valence-electron chi connectivity index (χ0n) is 11.7. The molecule has 0 unspecified atom stereocenters. The molecule has 0 radical (unpaired) electrons. The Morgan fingerprint density at radius 2 is 1.52 bits per heavy atom. The molecule has 0 aliphatic carbocycles. The summed E-state index contributed by atoms with van der Waals surface area (Å²) >= 11 is 3.37. The first-order chi connectivity index (χ1) is 10.0. The molecule has 1 aromatic heterocycles. The smallest absolute Gasteiger partial charge is 0.225 e. The molecule has 0 aliphatic rings. The van der Waals surface area contributed by atoms with Crippen LogP contribution in [-0.2, 0) is 9.59 Å². The average Bonchev–Trinajstić information content (AvgIpc) is 2.47. The quantitative estimate of drug-likeness (QED) is 0.887. The molecule has 2 aromatic rings. The van der Waals surface area contributed by atoms with E-state index in [0.29, 0.717) is 23.9 Å². The van der Waals surface area contributed by atoms with E-state index in [1.807, 2.05) is 6.07 Å². The molecule has 1 heterocycles. The molecule has 1 aromatic carbocycles. The molecule has 0 bridgehead atoms. The van der Waals surface area contributed by atoms with Crippen molar-refractivity contribution in [3.05, 3.63) is 22.7 Å². The minimum absolute atomic E-state index is 0.187. The molecule has 0 fully saturated rings. The first-order valence-corrected chi connectivity index (χ1v) is 7.39. The van der Waals surface area contributed by atoms with Gasteiger partial charge in [0, 0.05) is 17.3 Å². The van der Waals surface area contributed by atoms with Crippen LogP contribution in [0.2, 0.25) is 0 Å². The van der Waals surface area contributed by atoms with Crippen molar-refractivity contribution in [2.75, 3.05) is 10.6 Å². The van der Waals surface area contributed by atoms with Crippen LogP contribution < -0.4 is 10.6 Å². The number of nitrogens with zero attached hydrogens (tertiary/aromatic N) is 2. The maximum Gasteiger partial charge on any atom is 0.225 e. The highest BCUT2D eigenvalue weighted by atomic mass is 79.9. The van der Waals surface area contributed by atoms with Crippen LogP contribution >= 0.6 is 15.9 Å². The molecule has 0 saturated heterocycles. The lowest BCUT2D eigenvalue weighted by Crippen LogP contribution is -2.17. The van der Waals surface area contributed by atoms with E-state index in [0.717, 1.165) is 4.47 Å². The van der Waals surface area contributed by atoms with Crippen molar-refractivity contribution < 1.29 is 9.59 Å². The van der Waals surface area contributed by atoms with Crippen LogP contribution in [-0.4, -0.2) is 21.8 Å². The summed E-state index contributed by atoms with van der Waals surface area (Å²) in [6.45, 7) is 3.48. The fraction of sp³-hybridized carbons (Fsp3) is 0.286. The molecule has 6 nitrogen and oxygen atoms in total. The van der Waals surface area contributed by atoms with Crippen molar-refractivity contribution in [3.8, 4) is 0 Å². The van der Waals surface area contributed by atoms with Crippen LogP contribution in [0.15, 0.2) is 22.7 Å². The molecule has 0 saturated carbocycles. The van der Waals surface area contributed by atoms with Gasteiger partial charge in [-0.2, -0.15) is 0 Å². The molecule has 110 valence electrons. The molecular formula is C14H15BrN4O2. The largest absolute Gasteiger partial charge is 0.308 e. The topological polar surface area (TPSA) is 84.0 Å².